The minimum atomic E-state index is -0.478. The molecule has 3 rings (SSSR count). The highest BCUT2D eigenvalue weighted by Gasteiger charge is 2.14. The number of halogens is 2. The van der Waals surface area contributed by atoms with Crippen LogP contribution in [-0.4, -0.2) is 32.7 Å². The molecule has 27 heavy (non-hydrogen) atoms. The van der Waals surface area contributed by atoms with Crippen LogP contribution in [0.5, 0.6) is 0 Å². The number of nitrogens with one attached hydrogen (secondary N) is 2. The lowest BCUT2D eigenvalue weighted by Crippen LogP contribution is -2.32. The van der Waals surface area contributed by atoms with Crippen LogP contribution in [0, 0.1) is 12.7 Å². The minimum Gasteiger partial charge on any atom is -0.325 e. The normalized spacial score (nSPS) is 10.6. The highest BCUT2D eigenvalue weighted by molar-refractivity contribution is 6.33. The summed E-state index contributed by atoms with van der Waals surface area (Å²) in [6.07, 6.45) is 1.47. The van der Waals surface area contributed by atoms with Gasteiger partial charge in [0.2, 0.25) is 0 Å². The molecule has 0 spiro atoms. The van der Waals surface area contributed by atoms with Crippen molar-refractivity contribution < 1.29 is 9.18 Å². The molecular formula is C18H18ClFN6O. The van der Waals surface area contributed by atoms with Crippen molar-refractivity contribution in [2.24, 2.45) is 7.05 Å². The SMILES string of the molecule is Cc1cc(Nc2cc(NN(C)C(=O)c3cccc(F)c3)c(Cl)cn2)n(C)n1. The largest absolute Gasteiger partial charge is 0.325 e. The Morgan fingerprint density at radius 3 is 2.74 bits per heavy atom. The molecule has 2 heterocycles. The summed E-state index contributed by atoms with van der Waals surface area (Å²) >= 11 is 6.19. The van der Waals surface area contributed by atoms with Crippen molar-refractivity contribution >= 4 is 34.8 Å². The Kier molecular flexibility index (Phi) is 5.27. The van der Waals surface area contributed by atoms with E-state index in [1.807, 2.05) is 20.0 Å². The number of aromatic nitrogens is 3. The molecule has 0 radical (unpaired) electrons. The van der Waals surface area contributed by atoms with E-state index in [9.17, 15) is 9.18 Å². The summed E-state index contributed by atoms with van der Waals surface area (Å²) in [6.45, 7) is 1.89. The molecule has 7 nitrogen and oxygen atoms in total. The van der Waals surface area contributed by atoms with Crippen molar-refractivity contribution in [1.29, 1.82) is 0 Å². The molecule has 2 N–H and O–H groups in total. The topological polar surface area (TPSA) is 75.1 Å². The second kappa shape index (κ2) is 7.63. The fraction of sp³-hybridized carbons (Fsp3) is 0.167. The molecule has 140 valence electrons. The van der Waals surface area contributed by atoms with Crippen molar-refractivity contribution in [3.8, 4) is 0 Å². The first-order valence-electron chi connectivity index (χ1n) is 8.07. The maximum Gasteiger partial charge on any atom is 0.272 e. The number of rotatable bonds is 5. The zero-order valence-electron chi connectivity index (χ0n) is 15.0. The molecule has 0 bridgehead atoms. The monoisotopic (exact) mass is 388 g/mol. The van der Waals surface area contributed by atoms with Crippen LogP contribution in [0.25, 0.3) is 0 Å². The van der Waals surface area contributed by atoms with Gasteiger partial charge >= 0.3 is 0 Å². The summed E-state index contributed by atoms with van der Waals surface area (Å²) in [5, 5.41) is 8.96. The highest BCUT2D eigenvalue weighted by atomic mass is 35.5. The van der Waals surface area contributed by atoms with Gasteiger partial charge in [0.25, 0.3) is 5.91 Å². The predicted molar refractivity (Wildman–Crippen MR) is 103 cm³/mol. The number of aryl methyl sites for hydroxylation is 2. The van der Waals surface area contributed by atoms with Gasteiger partial charge in [-0.1, -0.05) is 17.7 Å². The lowest BCUT2D eigenvalue weighted by molar-refractivity contribution is 0.0825. The van der Waals surface area contributed by atoms with Crippen LogP contribution in [0.3, 0.4) is 0 Å². The lowest BCUT2D eigenvalue weighted by Gasteiger charge is -2.21. The van der Waals surface area contributed by atoms with Gasteiger partial charge in [0.05, 0.1) is 22.6 Å². The number of pyridine rings is 1. The first-order chi connectivity index (χ1) is 12.8. The summed E-state index contributed by atoms with van der Waals surface area (Å²) < 4.78 is 15.0. The van der Waals surface area contributed by atoms with E-state index in [2.05, 4.69) is 20.8 Å². The first kappa shape index (κ1) is 18.7. The smallest absolute Gasteiger partial charge is 0.272 e. The third-order valence-corrected chi connectivity index (χ3v) is 4.08. The van der Waals surface area contributed by atoms with Gasteiger partial charge in [-0.2, -0.15) is 5.10 Å². The van der Waals surface area contributed by atoms with Crippen LogP contribution in [0.2, 0.25) is 5.02 Å². The van der Waals surface area contributed by atoms with E-state index in [1.54, 1.807) is 10.7 Å². The second-order valence-electron chi connectivity index (χ2n) is 5.96. The van der Waals surface area contributed by atoms with E-state index in [-0.39, 0.29) is 5.56 Å². The van der Waals surface area contributed by atoms with Crippen molar-refractivity contribution in [2.45, 2.75) is 6.92 Å². The Morgan fingerprint density at radius 2 is 2.07 bits per heavy atom. The number of carbonyl (C=O) groups excluding carboxylic acids is 1. The molecule has 3 aromatic rings. The van der Waals surface area contributed by atoms with E-state index < -0.39 is 11.7 Å². The van der Waals surface area contributed by atoms with Crippen LogP contribution in [0.15, 0.2) is 42.6 Å². The number of hydrogen-bond acceptors (Lipinski definition) is 5. The summed E-state index contributed by atoms with van der Waals surface area (Å²) in [5.41, 5.74) is 4.46. The van der Waals surface area contributed by atoms with Crippen molar-refractivity contribution in [3.05, 3.63) is 64.7 Å². The van der Waals surface area contributed by atoms with Crippen LogP contribution in [0.4, 0.5) is 21.7 Å². The number of amides is 1. The zero-order valence-corrected chi connectivity index (χ0v) is 15.8. The van der Waals surface area contributed by atoms with E-state index in [0.29, 0.717) is 16.5 Å². The Balaban J connectivity index is 1.78. The van der Waals surface area contributed by atoms with Gasteiger partial charge in [-0.05, 0) is 25.1 Å². The van der Waals surface area contributed by atoms with Gasteiger partial charge in [-0.3, -0.25) is 19.9 Å². The van der Waals surface area contributed by atoms with Crippen molar-refractivity contribution in [1.82, 2.24) is 19.8 Å². The zero-order chi connectivity index (χ0) is 19.6. The summed E-state index contributed by atoms with van der Waals surface area (Å²) in [7, 11) is 3.34. The third-order valence-electron chi connectivity index (χ3n) is 3.78. The molecule has 0 fully saturated rings. The number of carbonyl (C=O) groups is 1. The van der Waals surface area contributed by atoms with Gasteiger partial charge in [0.1, 0.15) is 17.5 Å². The van der Waals surface area contributed by atoms with Crippen LogP contribution >= 0.6 is 11.6 Å². The molecular weight excluding hydrogens is 371 g/mol. The Morgan fingerprint density at radius 1 is 1.30 bits per heavy atom. The van der Waals surface area contributed by atoms with Gasteiger partial charge < -0.3 is 5.32 Å². The molecule has 0 saturated heterocycles. The quantitative estimate of drug-likeness (QED) is 0.651. The minimum absolute atomic E-state index is 0.221. The van der Waals surface area contributed by atoms with Gasteiger partial charge in [-0.25, -0.2) is 9.37 Å². The fourth-order valence-corrected chi connectivity index (χ4v) is 2.64. The summed E-state index contributed by atoms with van der Waals surface area (Å²) in [5.74, 6) is 0.405. The Hall–Kier alpha value is -3.13. The second-order valence-corrected chi connectivity index (χ2v) is 6.36. The van der Waals surface area contributed by atoms with E-state index in [4.69, 9.17) is 11.6 Å². The van der Waals surface area contributed by atoms with Crippen LogP contribution in [-0.2, 0) is 7.05 Å². The Labute approximate surface area is 160 Å². The molecule has 0 aliphatic heterocycles. The number of nitrogens with zero attached hydrogens (tertiary/aromatic N) is 4. The summed E-state index contributed by atoms with van der Waals surface area (Å²) in [6, 6.07) is 9.01. The molecule has 9 heteroatoms. The average molecular weight is 389 g/mol. The van der Waals surface area contributed by atoms with Gasteiger partial charge in [-0.15, -0.1) is 0 Å². The molecule has 1 aromatic carbocycles. The number of benzene rings is 1. The molecule has 1 amide bonds. The summed E-state index contributed by atoms with van der Waals surface area (Å²) in [4.78, 5) is 16.7. The molecule has 0 unspecified atom stereocenters. The van der Waals surface area contributed by atoms with E-state index in [1.165, 1.54) is 42.5 Å². The number of anilines is 3. The maximum absolute atomic E-state index is 13.3. The first-order valence-corrected chi connectivity index (χ1v) is 8.45. The molecule has 0 aliphatic rings. The van der Waals surface area contributed by atoms with E-state index >= 15 is 0 Å². The van der Waals surface area contributed by atoms with E-state index in [0.717, 1.165) is 11.5 Å². The van der Waals surface area contributed by atoms with Crippen LogP contribution in [0.1, 0.15) is 16.1 Å². The highest BCUT2D eigenvalue weighted by Crippen LogP contribution is 2.26. The van der Waals surface area contributed by atoms with Gasteiger partial charge in [0, 0.05) is 31.8 Å². The maximum atomic E-state index is 13.3. The standard InChI is InChI=1S/C18H18ClFN6O/c1-11-7-17(25(2)23-11)22-16-9-15(14(19)10-21-16)24-26(3)18(27)12-5-4-6-13(20)8-12/h4-10H,1-3H3,(H2,21,22,24). The lowest BCUT2D eigenvalue weighted by atomic mass is 10.2. The number of hydrazine groups is 1. The van der Waals surface area contributed by atoms with Gasteiger partial charge in [0.15, 0.2) is 0 Å². The van der Waals surface area contributed by atoms with Crippen molar-refractivity contribution in [2.75, 3.05) is 17.8 Å². The molecule has 0 saturated carbocycles. The fourth-order valence-electron chi connectivity index (χ4n) is 2.50. The molecule has 0 aliphatic carbocycles. The third kappa shape index (κ3) is 4.35. The average Bonchev–Trinajstić information content (AvgIpc) is 2.94. The number of hydrogen-bond donors (Lipinski definition) is 2. The van der Waals surface area contributed by atoms with Crippen LogP contribution < -0.4 is 10.7 Å². The van der Waals surface area contributed by atoms with Crippen molar-refractivity contribution in [3.63, 3.8) is 0 Å². The molecule has 2 aromatic heterocycles. The Bertz CT molecular complexity index is 990. The molecule has 0 atom stereocenters. The predicted octanol–water partition coefficient (Wildman–Crippen LogP) is 3.76.